The zero-order valence-electron chi connectivity index (χ0n) is 8.28. The molecule has 0 spiro atoms. The second-order valence-electron chi connectivity index (χ2n) is 3.23. The Morgan fingerprint density at radius 2 is 1.64 bits per heavy atom. The van der Waals surface area contributed by atoms with E-state index < -0.39 is 0 Å². The van der Waals surface area contributed by atoms with E-state index in [1.54, 1.807) is 0 Å². The molecular formula is C9H22N2. The molecule has 0 aliphatic rings. The van der Waals surface area contributed by atoms with Crippen molar-refractivity contribution in [2.45, 2.75) is 45.7 Å². The SMILES string of the molecule is CCNC(C)CCC(C)NC. The van der Waals surface area contributed by atoms with E-state index >= 15 is 0 Å². The van der Waals surface area contributed by atoms with E-state index in [2.05, 4.69) is 31.4 Å². The summed E-state index contributed by atoms with van der Waals surface area (Å²) < 4.78 is 0. The monoisotopic (exact) mass is 158 g/mol. The van der Waals surface area contributed by atoms with Crippen molar-refractivity contribution in [1.82, 2.24) is 10.6 Å². The second-order valence-corrected chi connectivity index (χ2v) is 3.23. The Bertz CT molecular complexity index is 83.6. The van der Waals surface area contributed by atoms with E-state index in [9.17, 15) is 0 Å². The zero-order chi connectivity index (χ0) is 8.69. The highest BCUT2D eigenvalue weighted by molar-refractivity contribution is 4.64. The van der Waals surface area contributed by atoms with E-state index in [1.165, 1.54) is 12.8 Å². The van der Waals surface area contributed by atoms with Gasteiger partial charge < -0.3 is 10.6 Å². The molecule has 2 nitrogen and oxygen atoms in total. The third-order valence-corrected chi connectivity index (χ3v) is 2.08. The number of rotatable bonds is 6. The Kier molecular flexibility index (Phi) is 6.57. The van der Waals surface area contributed by atoms with Crippen molar-refractivity contribution in [2.24, 2.45) is 0 Å². The van der Waals surface area contributed by atoms with Gasteiger partial charge in [-0.1, -0.05) is 6.92 Å². The Morgan fingerprint density at radius 1 is 1.09 bits per heavy atom. The smallest absolute Gasteiger partial charge is 0.00391 e. The van der Waals surface area contributed by atoms with Crippen LogP contribution in [0.4, 0.5) is 0 Å². The van der Waals surface area contributed by atoms with Crippen molar-refractivity contribution in [1.29, 1.82) is 0 Å². The molecule has 0 amide bonds. The minimum Gasteiger partial charge on any atom is -0.317 e. The fourth-order valence-corrected chi connectivity index (χ4v) is 1.09. The number of hydrogen-bond donors (Lipinski definition) is 2. The van der Waals surface area contributed by atoms with E-state index in [4.69, 9.17) is 0 Å². The third kappa shape index (κ3) is 6.32. The van der Waals surface area contributed by atoms with E-state index in [0.29, 0.717) is 12.1 Å². The first kappa shape index (κ1) is 10.9. The van der Waals surface area contributed by atoms with Crippen LogP contribution in [0.2, 0.25) is 0 Å². The predicted molar refractivity (Wildman–Crippen MR) is 50.9 cm³/mol. The van der Waals surface area contributed by atoms with Crippen molar-refractivity contribution >= 4 is 0 Å². The van der Waals surface area contributed by atoms with Crippen molar-refractivity contribution in [3.63, 3.8) is 0 Å². The standard InChI is InChI=1S/C9H22N2/c1-5-11-9(3)7-6-8(2)10-4/h8-11H,5-7H2,1-4H3. The lowest BCUT2D eigenvalue weighted by Crippen LogP contribution is -2.29. The highest BCUT2D eigenvalue weighted by Gasteiger charge is 2.02. The third-order valence-electron chi connectivity index (χ3n) is 2.08. The average molecular weight is 158 g/mol. The van der Waals surface area contributed by atoms with Crippen LogP contribution < -0.4 is 10.6 Å². The van der Waals surface area contributed by atoms with E-state index in [-0.39, 0.29) is 0 Å². The van der Waals surface area contributed by atoms with Crippen LogP contribution in [0.3, 0.4) is 0 Å². The summed E-state index contributed by atoms with van der Waals surface area (Å²) in [5, 5.41) is 6.63. The maximum atomic E-state index is 3.40. The fraction of sp³-hybridized carbons (Fsp3) is 1.00. The molecule has 2 N–H and O–H groups in total. The molecule has 0 saturated heterocycles. The lowest BCUT2D eigenvalue weighted by Gasteiger charge is -2.15. The molecule has 0 saturated carbocycles. The van der Waals surface area contributed by atoms with Gasteiger partial charge in [0.25, 0.3) is 0 Å². The van der Waals surface area contributed by atoms with Crippen molar-refractivity contribution < 1.29 is 0 Å². The zero-order valence-corrected chi connectivity index (χ0v) is 8.28. The van der Waals surface area contributed by atoms with Crippen LogP contribution in [0.15, 0.2) is 0 Å². The number of hydrogen-bond acceptors (Lipinski definition) is 2. The van der Waals surface area contributed by atoms with E-state index in [1.807, 2.05) is 7.05 Å². The van der Waals surface area contributed by atoms with Gasteiger partial charge in [0.15, 0.2) is 0 Å². The van der Waals surface area contributed by atoms with Crippen molar-refractivity contribution in [3.8, 4) is 0 Å². The van der Waals surface area contributed by atoms with Gasteiger partial charge in [0.1, 0.15) is 0 Å². The molecule has 68 valence electrons. The molecule has 0 aliphatic heterocycles. The first-order valence-corrected chi connectivity index (χ1v) is 4.61. The molecule has 11 heavy (non-hydrogen) atoms. The highest BCUT2D eigenvalue weighted by Crippen LogP contribution is 1.99. The molecule has 0 radical (unpaired) electrons. The minimum absolute atomic E-state index is 0.649. The summed E-state index contributed by atoms with van der Waals surface area (Å²) in [6.07, 6.45) is 2.51. The number of nitrogens with one attached hydrogen (secondary N) is 2. The van der Waals surface area contributed by atoms with Gasteiger partial charge in [0.05, 0.1) is 0 Å². The minimum atomic E-state index is 0.649. The first-order chi connectivity index (χ1) is 5.20. The molecule has 0 heterocycles. The maximum Gasteiger partial charge on any atom is 0.00391 e. The first-order valence-electron chi connectivity index (χ1n) is 4.61. The molecule has 0 aromatic rings. The largest absolute Gasteiger partial charge is 0.317 e. The summed E-state index contributed by atoms with van der Waals surface area (Å²) in [6, 6.07) is 1.31. The summed E-state index contributed by atoms with van der Waals surface area (Å²) in [5.74, 6) is 0. The van der Waals surface area contributed by atoms with Gasteiger partial charge in [-0.3, -0.25) is 0 Å². The Hall–Kier alpha value is -0.0800. The Balaban J connectivity index is 3.22. The molecule has 0 rings (SSSR count). The van der Waals surface area contributed by atoms with Crippen molar-refractivity contribution in [2.75, 3.05) is 13.6 Å². The summed E-state index contributed by atoms with van der Waals surface area (Å²) in [5.41, 5.74) is 0. The van der Waals surface area contributed by atoms with Gasteiger partial charge in [-0.05, 0) is 40.3 Å². The van der Waals surface area contributed by atoms with Crippen LogP contribution in [-0.2, 0) is 0 Å². The Morgan fingerprint density at radius 3 is 2.09 bits per heavy atom. The van der Waals surface area contributed by atoms with Crippen LogP contribution in [-0.4, -0.2) is 25.7 Å². The van der Waals surface area contributed by atoms with Gasteiger partial charge in [-0.15, -0.1) is 0 Å². The van der Waals surface area contributed by atoms with E-state index in [0.717, 1.165) is 6.54 Å². The quantitative estimate of drug-likeness (QED) is 0.610. The fourth-order valence-electron chi connectivity index (χ4n) is 1.09. The highest BCUT2D eigenvalue weighted by atomic mass is 14.9. The molecule has 0 fully saturated rings. The van der Waals surface area contributed by atoms with Crippen molar-refractivity contribution in [3.05, 3.63) is 0 Å². The molecule has 0 aromatic carbocycles. The summed E-state index contributed by atoms with van der Waals surface area (Å²) in [6.45, 7) is 7.69. The van der Waals surface area contributed by atoms with Crippen LogP contribution >= 0.6 is 0 Å². The molecule has 2 unspecified atom stereocenters. The molecule has 2 heteroatoms. The predicted octanol–water partition coefficient (Wildman–Crippen LogP) is 1.37. The molecule has 2 atom stereocenters. The molecule has 0 bridgehead atoms. The lowest BCUT2D eigenvalue weighted by atomic mass is 10.1. The van der Waals surface area contributed by atoms with Gasteiger partial charge in [0.2, 0.25) is 0 Å². The van der Waals surface area contributed by atoms with Gasteiger partial charge >= 0.3 is 0 Å². The summed E-state index contributed by atoms with van der Waals surface area (Å²) >= 11 is 0. The topological polar surface area (TPSA) is 24.1 Å². The molecular weight excluding hydrogens is 136 g/mol. The van der Waals surface area contributed by atoms with Crippen LogP contribution in [0.1, 0.15) is 33.6 Å². The summed E-state index contributed by atoms with van der Waals surface area (Å²) in [7, 11) is 2.02. The molecule has 0 aromatic heterocycles. The van der Waals surface area contributed by atoms with Crippen LogP contribution in [0.25, 0.3) is 0 Å². The van der Waals surface area contributed by atoms with Gasteiger partial charge in [-0.25, -0.2) is 0 Å². The lowest BCUT2D eigenvalue weighted by molar-refractivity contribution is 0.460. The normalized spacial score (nSPS) is 16.4. The van der Waals surface area contributed by atoms with Crippen LogP contribution in [0.5, 0.6) is 0 Å². The Labute approximate surface area is 70.8 Å². The van der Waals surface area contributed by atoms with Crippen LogP contribution in [0, 0.1) is 0 Å². The summed E-state index contributed by atoms with van der Waals surface area (Å²) in [4.78, 5) is 0. The van der Waals surface area contributed by atoms with Gasteiger partial charge in [0, 0.05) is 12.1 Å². The second kappa shape index (κ2) is 6.62. The molecule has 0 aliphatic carbocycles. The average Bonchev–Trinajstić information content (AvgIpc) is 2.01. The van der Waals surface area contributed by atoms with Gasteiger partial charge in [-0.2, -0.15) is 0 Å². The maximum absolute atomic E-state index is 3.40.